The van der Waals surface area contributed by atoms with Crippen LogP contribution in [0, 0.1) is 0 Å². The number of cyclic esters (lactones) is 1. The smallest absolute Gasteiger partial charge is 0.337 e. The average molecular weight is 172 g/mol. The van der Waals surface area contributed by atoms with Crippen molar-refractivity contribution < 1.29 is 19.0 Å². The van der Waals surface area contributed by atoms with Gasteiger partial charge in [-0.25, -0.2) is 4.79 Å². The van der Waals surface area contributed by atoms with Crippen LogP contribution >= 0.6 is 0 Å². The number of carbonyl (C=O) groups excluding carboxylic acids is 1. The quantitative estimate of drug-likeness (QED) is 0.578. The van der Waals surface area contributed by atoms with Gasteiger partial charge in [-0.2, -0.15) is 0 Å². The minimum Gasteiger partial charge on any atom is -0.454 e. The Balaban J connectivity index is 2.69. The third kappa shape index (κ3) is 2.23. The monoisotopic (exact) mass is 172 g/mol. The van der Waals surface area contributed by atoms with Crippen LogP contribution in [0.4, 0.5) is 0 Å². The minimum atomic E-state index is -0.875. The van der Waals surface area contributed by atoms with Gasteiger partial charge in [0, 0.05) is 21.0 Å². The predicted molar refractivity (Wildman–Crippen MR) is 41.2 cm³/mol. The second-order valence-electron chi connectivity index (χ2n) is 2.97. The maximum Gasteiger partial charge on any atom is 0.337 e. The molecule has 0 aromatic heterocycles. The van der Waals surface area contributed by atoms with Gasteiger partial charge in [0.1, 0.15) is 12.4 Å². The van der Waals surface area contributed by atoms with Gasteiger partial charge >= 0.3 is 5.97 Å². The van der Waals surface area contributed by atoms with Crippen LogP contribution < -0.4 is 0 Å². The third-order valence-electron chi connectivity index (χ3n) is 1.29. The Morgan fingerprint density at radius 2 is 2.17 bits per heavy atom. The zero-order valence-corrected chi connectivity index (χ0v) is 7.42. The Morgan fingerprint density at radius 3 is 2.67 bits per heavy atom. The lowest BCUT2D eigenvalue weighted by atomic mass is 10.3. The first-order chi connectivity index (χ1) is 5.53. The van der Waals surface area contributed by atoms with E-state index in [4.69, 9.17) is 14.2 Å². The molecule has 1 aliphatic rings. The fourth-order valence-corrected chi connectivity index (χ4v) is 0.983. The highest BCUT2D eigenvalue weighted by Crippen LogP contribution is 2.21. The molecule has 0 saturated heterocycles. The summed E-state index contributed by atoms with van der Waals surface area (Å²) in [6, 6.07) is 0. The second-order valence-corrected chi connectivity index (χ2v) is 2.97. The molecule has 68 valence electrons. The van der Waals surface area contributed by atoms with E-state index < -0.39 is 11.8 Å². The first-order valence-corrected chi connectivity index (χ1v) is 3.65. The highest BCUT2D eigenvalue weighted by Gasteiger charge is 2.29. The molecule has 0 amide bonds. The molecule has 0 aliphatic carbocycles. The van der Waals surface area contributed by atoms with Gasteiger partial charge in [0.05, 0.1) is 6.08 Å². The van der Waals surface area contributed by atoms with Crippen LogP contribution in [0.3, 0.4) is 0 Å². The molecule has 1 heterocycles. The Kier molecular flexibility index (Phi) is 2.38. The highest BCUT2D eigenvalue weighted by molar-refractivity contribution is 5.83. The summed E-state index contributed by atoms with van der Waals surface area (Å²) in [5.41, 5.74) is 0. The Morgan fingerprint density at radius 1 is 1.50 bits per heavy atom. The Labute approximate surface area is 71.1 Å². The summed E-state index contributed by atoms with van der Waals surface area (Å²) in [5, 5.41) is 0. The predicted octanol–water partition coefficient (Wildman–Crippen LogP) is 0.826. The molecule has 0 fully saturated rings. The van der Waals surface area contributed by atoms with Crippen molar-refractivity contribution in [1.29, 1.82) is 0 Å². The molecule has 4 nitrogen and oxygen atoms in total. The molecule has 0 aromatic rings. The van der Waals surface area contributed by atoms with E-state index in [1.807, 2.05) is 0 Å². The van der Waals surface area contributed by atoms with Gasteiger partial charge in [0.25, 0.3) is 0 Å². The Hall–Kier alpha value is -1.03. The van der Waals surface area contributed by atoms with Crippen LogP contribution in [0.15, 0.2) is 11.8 Å². The molecular formula is C8H12O4. The molecule has 12 heavy (non-hydrogen) atoms. The maximum absolute atomic E-state index is 10.9. The zero-order chi connectivity index (χ0) is 9.19. The first kappa shape index (κ1) is 9.06. The van der Waals surface area contributed by atoms with E-state index in [0.717, 1.165) is 0 Å². The van der Waals surface area contributed by atoms with Gasteiger partial charge in [-0.3, -0.25) is 0 Å². The van der Waals surface area contributed by atoms with E-state index >= 15 is 0 Å². The van der Waals surface area contributed by atoms with Crippen LogP contribution in [0.2, 0.25) is 0 Å². The summed E-state index contributed by atoms with van der Waals surface area (Å²) in [6.07, 6.45) is 1.29. The molecule has 0 saturated carbocycles. The summed E-state index contributed by atoms with van der Waals surface area (Å²) in [6.45, 7) is 3.64. The van der Waals surface area contributed by atoms with E-state index in [2.05, 4.69) is 0 Å². The summed E-state index contributed by atoms with van der Waals surface area (Å²) in [4.78, 5) is 10.9. The number of hydrogen-bond donors (Lipinski definition) is 0. The van der Waals surface area contributed by atoms with Crippen molar-refractivity contribution in [2.24, 2.45) is 0 Å². The summed E-state index contributed by atoms with van der Waals surface area (Å²) in [5.74, 6) is -0.767. The number of rotatable bonds is 2. The number of hydrogen-bond acceptors (Lipinski definition) is 4. The van der Waals surface area contributed by atoms with Gasteiger partial charge in [0.15, 0.2) is 0 Å². The lowest BCUT2D eigenvalue weighted by molar-refractivity contribution is -0.207. The van der Waals surface area contributed by atoms with Gasteiger partial charge in [-0.1, -0.05) is 0 Å². The molecule has 0 N–H and O–H groups in total. The van der Waals surface area contributed by atoms with Crippen molar-refractivity contribution >= 4 is 5.97 Å². The molecule has 0 radical (unpaired) electrons. The van der Waals surface area contributed by atoms with Gasteiger partial charge in [0.2, 0.25) is 5.79 Å². The van der Waals surface area contributed by atoms with E-state index in [-0.39, 0.29) is 0 Å². The topological polar surface area (TPSA) is 44.8 Å². The molecule has 0 bridgehead atoms. The van der Waals surface area contributed by atoms with Crippen molar-refractivity contribution in [3.05, 3.63) is 11.8 Å². The van der Waals surface area contributed by atoms with Crippen LogP contribution in [0.5, 0.6) is 0 Å². The fourth-order valence-electron chi connectivity index (χ4n) is 0.983. The molecule has 0 atom stereocenters. The third-order valence-corrected chi connectivity index (χ3v) is 1.29. The zero-order valence-electron chi connectivity index (χ0n) is 7.42. The normalized spacial score (nSPS) is 20.9. The number of esters is 1. The van der Waals surface area contributed by atoms with Crippen molar-refractivity contribution in [3.8, 4) is 0 Å². The largest absolute Gasteiger partial charge is 0.454 e. The summed E-state index contributed by atoms with van der Waals surface area (Å²) in [7, 11) is 1.54. The standard InChI is InChI=1S/C8H12O4/c1-8(2)11-6(5-10-3)4-7(9)12-8/h4H,5H2,1-3H3. The molecule has 1 rings (SSSR count). The molecule has 1 aliphatic heterocycles. The number of methoxy groups -OCH3 is 1. The molecule has 0 spiro atoms. The van der Waals surface area contributed by atoms with Gasteiger partial charge in [-0.15, -0.1) is 0 Å². The highest BCUT2D eigenvalue weighted by atomic mass is 16.7. The molecule has 0 aromatic carbocycles. The first-order valence-electron chi connectivity index (χ1n) is 3.65. The van der Waals surface area contributed by atoms with E-state index in [0.29, 0.717) is 12.4 Å². The lowest BCUT2D eigenvalue weighted by Gasteiger charge is -2.30. The van der Waals surface area contributed by atoms with Crippen molar-refractivity contribution in [2.75, 3.05) is 13.7 Å². The van der Waals surface area contributed by atoms with Crippen molar-refractivity contribution in [2.45, 2.75) is 19.6 Å². The average Bonchev–Trinajstić information content (AvgIpc) is 1.82. The number of carbonyl (C=O) groups is 1. The van der Waals surface area contributed by atoms with Gasteiger partial charge in [-0.05, 0) is 0 Å². The number of ether oxygens (including phenoxy) is 3. The second kappa shape index (κ2) is 3.15. The van der Waals surface area contributed by atoms with E-state index in [9.17, 15) is 4.79 Å². The van der Waals surface area contributed by atoms with E-state index in [1.165, 1.54) is 13.2 Å². The van der Waals surface area contributed by atoms with Gasteiger partial charge < -0.3 is 14.2 Å². The SMILES string of the molecule is COCC1=CC(=O)OC(C)(C)O1. The van der Waals surface area contributed by atoms with Crippen LogP contribution in [-0.4, -0.2) is 25.5 Å². The van der Waals surface area contributed by atoms with Crippen molar-refractivity contribution in [1.82, 2.24) is 0 Å². The fraction of sp³-hybridized carbons (Fsp3) is 0.625. The minimum absolute atomic E-state index is 0.290. The van der Waals surface area contributed by atoms with E-state index in [1.54, 1.807) is 13.8 Å². The molecule has 4 heteroatoms. The van der Waals surface area contributed by atoms with Crippen LogP contribution in [0.1, 0.15) is 13.8 Å². The molecular weight excluding hydrogens is 160 g/mol. The summed E-state index contributed by atoms with van der Waals surface area (Å²) < 4.78 is 15.0. The summed E-state index contributed by atoms with van der Waals surface area (Å²) >= 11 is 0. The maximum atomic E-state index is 10.9. The van der Waals surface area contributed by atoms with Crippen molar-refractivity contribution in [3.63, 3.8) is 0 Å². The molecule has 0 unspecified atom stereocenters. The Bertz CT molecular complexity index is 217. The van der Waals surface area contributed by atoms with Crippen LogP contribution in [-0.2, 0) is 19.0 Å². The lowest BCUT2D eigenvalue weighted by Crippen LogP contribution is -2.35. The van der Waals surface area contributed by atoms with Crippen LogP contribution in [0.25, 0.3) is 0 Å².